The molecule has 0 spiro atoms. The van der Waals surface area contributed by atoms with Crippen molar-refractivity contribution in [2.45, 2.75) is 72.1 Å². The van der Waals surface area contributed by atoms with E-state index in [1.165, 1.54) is 21.3 Å². The number of nitrogens with zero attached hydrogens (tertiary/aromatic N) is 2. The molecule has 2 N–H and O–H groups in total. The number of hydrogen-bond acceptors (Lipinski definition) is 8. The largest absolute Gasteiger partial charge is 0.469 e. The molecule has 8 bridgehead atoms. The van der Waals surface area contributed by atoms with Crippen LogP contribution >= 0.6 is 0 Å². The summed E-state index contributed by atoms with van der Waals surface area (Å²) in [5.41, 5.74) is 11.4. The lowest BCUT2D eigenvalue weighted by Crippen LogP contribution is -2.13. The van der Waals surface area contributed by atoms with Crippen molar-refractivity contribution in [3.63, 3.8) is 0 Å². The molecular formula is C37H42N4O6. The fourth-order valence-corrected chi connectivity index (χ4v) is 6.78. The smallest absolute Gasteiger partial charge is 0.340 e. The molecule has 5 heterocycles. The number of ether oxygens (including phenoxy) is 3. The van der Waals surface area contributed by atoms with Crippen LogP contribution in [-0.4, -0.2) is 59.2 Å². The Morgan fingerprint density at radius 3 is 2.21 bits per heavy atom. The number of esters is 3. The van der Waals surface area contributed by atoms with Gasteiger partial charge in [0.2, 0.25) is 0 Å². The summed E-state index contributed by atoms with van der Waals surface area (Å²) in [4.78, 5) is 56.0. The number of hydrogen-bond donors (Lipinski definition) is 2. The lowest BCUT2D eigenvalue weighted by atomic mass is 9.85. The van der Waals surface area contributed by atoms with Crippen molar-refractivity contribution in [3.8, 4) is 0 Å². The van der Waals surface area contributed by atoms with Gasteiger partial charge in [0.05, 0.1) is 55.9 Å². The van der Waals surface area contributed by atoms with E-state index in [-0.39, 0.29) is 30.6 Å². The fraction of sp³-hybridized carbons (Fsp3) is 0.378. The Morgan fingerprint density at radius 2 is 1.57 bits per heavy atom. The number of fused-ring (bicyclic) bond motifs is 8. The topological polar surface area (TPSA) is 136 Å². The third kappa shape index (κ3) is 6.00. The highest BCUT2D eigenvalue weighted by molar-refractivity contribution is 6.03. The SMILES string of the molecule is C=CC1=C(C)c2cc3nc(c(CC(=O)OC)c4[nH]c(cc5[nH]c(cc1n2)c(C)c5CC)c(C)c4C(=O)OC)C(CCC(=O)OC)C3C. The summed E-state index contributed by atoms with van der Waals surface area (Å²) in [6, 6.07) is 6.00. The highest BCUT2D eigenvalue weighted by atomic mass is 16.5. The van der Waals surface area contributed by atoms with Gasteiger partial charge in [-0.1, -0.05) is 26.5 Å². The number of methoxy groups -OCH3 is 3. The molecule has 3 aromatic rings. The Bertz CT molecular complexity index is 2000. The summed E-state index contributed by atoms with van der Waals surface area (Å²) < 4.78 is 15.4. The van der Waals surface area contributed by atoms with Gasteiger partial charge in [-0.2, -0.15) is 0 Å². The Balaban J connectivity index is 2.03. The Kier molecular flexibility index (Phi) is 9.51. The fourth-order valence-electron chi connectivity index (χ4n) is 6.78. The predicted octanol–water partition coefficient (Wildman–Crippen LogP) is 6.95. The zero-order chi connectivity index (χ0) is 34.2. The van der Waals surface area contributed by atoms with E-state index in [9.17, 15) is 14.4 Å². The van der Waals surface area contributed by atoms with Crippen molar-refractivity contribution < 1.29 is 28.6 Å². The standard InChI is InChI=1S/C37H42N4O6/c1-10-22-18(3)26-15-28-20(5)24(12-13-32(42)45-7)35(40-28)25(14-33(43)46-8)36-34(37(44)47-9)21(6)29(41-36)17-31-23(11-2)19(4)27(39-31)16-30(22)38-26/h10,15-17,20,24,39,41H,1,11-14H2,2-9H3. The van der Waals surface area contributed by atoms with Crippen LogP contribution in [0.4, 0.5) is 0 Å². The van der Waals surface area contributed by atoms with Gasteiger partial charge in [-0.05, 0) is 74.1 Å². The molecule has 0 saturated carbocycles. The van der Waals surface area contributed by atoms with Crippen molar-refractivity contribution in [1.82, 2.24) is 19.9 Å². The van der Waals surface area contributed by atoms with E-state index in [1.54, 1.807) is 0 Å². The van der Waals surface area contributed by atoms with Gasteiger partial charge in [-0.15, -0.1) is 0 Å². The average molecular weight is 639 g/mol. The van der Waals surface area contributed by atoms with Crippen LogP contribution in [0.1, 0.15) is 101 Å². The summed E-state index contributed by atoms with van der Waals surface area (Å²) in [6.07, 6.45) is 3.00. The Hall–Kier alpha value is -4.99. The van der Waals surface area contributed by atoms with E-state index < -0.39 is 11.9 Å². The van der Waals surface area contributed by atoms with Crippen molar-refractivity contribution in [1.29, 1.82) is 0 Å². The lowest BCUT2D eigenvalue weighted by Gasteiger charge is -2.18. The molecule has 0 radical (unpaired) electrons. The molecular weight excluding hydrogens is 596 g/mol. The first-order valence-corrected chi connectivity index (χ1v) is 15.8. The third-order valence-electron chi connectivity index (χ3n) is 9.56. The predicted molar refractivity (Wildman–Crippen MR) is 182 cm³/mol. The number of aryl methyl sites for hydroxylation is 3. The second-order valence-corrected chi connectivity index (χ2v) is 12.0. The minimum Gasteiger partial charge on any atom is -0.469 e. The van der Waals surface area contributed by atoms with Gasteiger partial charge in [-0.25, -0.2) is 9.78 Å². The van der Waals surface area contributed by atoms with Crippen molar-refractivity contribution in [2.24, 2.45) is 0 Å². The second-order valence-electron chi connectivity index (χ2n) is 12.0. The lowest BCUT2D eigenvalue weighted by molar-refractivity contribution is -0.141. The molecule has 2 unspecified atom stereocenters. The maximum Gasteiger partial charge on any atom is 0.340 e. The van der Waals surface area contributed by atoms with Gasteiger partial charge < -0.3 is 24.2 Å². The third-order valence-corrected chi connectivity index (χ3v) is 9.56. The molecule has 246 valence electrons. The summed E-state index contributed by atoms with van der Waals surface area (Å²) in [5, 5.41) is 0. The van der Waals surface area contributed by atoms with Crippen LogP contribution < -0.4 is 0 Å². The van der Waals surface area contributed by atoms with Crippen molar-refractivity contribution in [2.75, 3.05) is 21.3 Å². The molecule has 3 aromatic heterocycles. The zero-order valence-corrected chi connectivity index (χ0v) is 28.3. The van der Waals surface area contributed by atoms with Crippen molar-refractivity contribution in [3.05, 3.63) is 81.4 Å². The minimum atomic E-state index is -0.546. The summed E-state index contributed by atoms with van der Waals surface area (Å²) >= 11 is 0. The van der Waals surface area contributed by atoms with Crippen LogP contribution in [0.5, 0.6) is 0 Å². The number of allylic oxidation sites excluding steroid dienone is 3. The van der Waals surface area contributed by atoms with E-state index in [0.29, 0.717) is 39.8 Å². The zero-order valence-electron chi connectivity index (χ0n) is 28.3. The monoisotopic (exact) mass is 638 g/mol. The molecule has 2 aliphatic heterocycles. The number of rotatable bonds is 8. The molecule has 0 aliphatic carbocycles. The van der Waals surface area contributed by atoms with Crippen LogP contribution in [0.2, 0.25) is 0 Å². The molecule has 0 fully saturated rings. The van der Waals surface area contributed by atoms with E-state index >= 15 is 0 Å². The molecule has 0 aromatic carbocycles. The van der Waals surface area contributed by atoms with Gasteiger partial charge in [-0.3, -0.25) is 14.6 Å². The van der Waals surface area contributed by atoms with Crippen LogP contribution in [0.25, 0.3) is 33.2 Å². The molecule has 0 saturated heterocycles. The first-order chi connectivity index (χ1) is 22.5. The Morgan fingerprint density at radius 1 is 0.872 bits per heavy atom. The number of nitrogens with one attached hydrogen (secondary N) is 2. The van der Waals surface area contributed by atoms with E-state index in [4.69, 9.17) is 24.2 Å². The van der Waals surface area contributed by atoms with Gasteiger partial charge in [0.15, 0.2) is 0 Å². The summed E-state index contributed by atoms with van der Waals surface area (Å²) in [6.45, 7) is 14.2. The minimum absolute atomic E-state index is 0.150. The van der Waals surface area contributed by atoms with Gasteiger partial charge in [0, 0.05) is 51.6 Å². The molecule has 10 nitrogen and oxygen atoms in total. The normalized spacial score (nSPS) is 15.8. The maximum atomic E-state index is 13.4. The highest BCUT2D eigenvalue weighted by Gasteiger charge is 2.34. The quantitative estimate of drug-likeness (QED) is 0.200. The highest BCUT2D eigenvalue weighted by Crippen LogP contribution is 2.43. The number of carbonyl (C=O) groups is 3. The molecule has 0 amide bonds. The first kappa shape index (κ1) is 33.4. The number of aromatic amines is 2. The first-order valence-electron chi connectivity index (χ1n) is 15.8. The van der Waals surface area contributed by atoms with E-state index in [2.05, 4.69) is 30.4 Å². The maximum absolute atomic E-state index is 13.4. The molecule has 2 atom stereocenters. The summed E-state index contributed by atoms with van der Waals surface area (Å²) in [5.74, 6) is -1.82. The van der Waals surface area contributed by atoms with Gasteiger partial charge >= 0.3 is 17.9 Å². The molecule has 47 heavy (non-hydrogen) atoms. The molecule has 2 aliphatic rings. The summed E-state index contributed by atoms with van der Waals surface area (Å²) in [7, 11) is 4.02. The van der Waals surface area contributed by atoms with Gasteiger partial charge in [0.25, 0.3) is 0 Å². The molecule has 10 heteroatoms. The van der Waals surface area contributed by atoms with E-state index in [1.807, 2.05) is 45.0 Å². The van der Waals surface area contributed by atoms with Crippen LogP contribution in [0, 0.1) is 13.8 Å². The number of H-pyrrole nitrogens is 2. The van der Waals surface area contributed by atoms with Crippen LogP contribution in [-0.2, 0) is 36.6 Å². The van der Waals surface area contributed by atoms with Gasteiger partial charge in [0.1, 0.15) is 0 Å². The van der Waals surface area contributed by atoms with Crippen molar-refractivity contribution >= 4 is 51.1 Å². The van der Waals surface area contributed by atoms with E-state index in [0.717, 1.165) is 56.8 Å². The Labute approximate surface area is 274 Å². The van der Waals surface area contributed by atoms with Crippen LogP contribution in [0.3, 0.4) is 0 Å². The number of carbonyl (C=O) groups excluding carboxylic acids is 3. The average Bonchev–Trinajstić information content (AvgIpc) is 3.74. The van der Waals surface area contributed by atoms with Crippen LogP contribution in [0.15, 0.2) is 30.9 Å². The second kappa shape index (κ2) is 13.4. The number of aromatic nitrogens is 4. The molecule has 5 rings (SSSR count).